The zero-order valence-electron chi connectivity index (χ0n) is 15.7. The van der Waals surface area contributed by atoms with Crippen LogP contribution in [0.5, 0.6) is 5.75 Å². The van der Waals surface area contributed by atoms with E-state index in [1.807, 2.05) is 46.1 Å². The molecule has 1 amide bonds. The lowest BCUT2D eigenvalue weighted by molar-refractivity contribution is 0.0624. The maximum atomic E-state index is 13.2. The van der Waals surface area contributed by atoms with Gasteiger partial charge in [0.25, 0.3) is 5.91 Å². The summed E-state index contributed by atoms with van der Waals surface area (Å²) in [6.45, 7) is 4.11. The summed E-state index contributed by atoms with van der Waals surface area (Å²) in [6, 6.07) is 10.0. The minimum Gasteiger partial charge on any atom is -0.496 e. The number of hydrogen-bond acceptors (Lipinski definition) is 5. The van der Waals surface area contributed by atoms with Gasteiger partial charge in [-0.3, -0.25) is 9.48 Å². The van der Waals surface area contributed by atoms with Gasteiger partial charge >= 0.3 is 0 Å². The van der Waals surface area contributed by atoms with Crippen molar-refractivity contribution in [1.82, 2.24) is 25.3 Å². The summed E-state index contributed by atoms with van der Waals surface area (Å²) in [7, 11) is 1.67. The lowest BCUT2D eigenvalue weighted by atomic mass is 10.0. The SMILES string of the molecule is COc1ccccc1C1CNCCN1C(=O)c1ccn(C2CCCNC2)n1. The summed E-state index contributed by atoms with van der Waals surface area (Å²) in [6.07, 6.45) is 4.17. The van der Waals surface area contributed by atoms with E-state index in [1.54, 1.807) is 7.11 Å². The second kappa shape index (κ2) is 8.10. The van der Waals surface area contributed by atoms with Crippen molar-refractivity contribution in [3.8, 4) is 5.75 Å². The van der Waals surface area contributed by atoms with Gasteiger partial charge in [0.1, 0.15) is 11.4 Å². The quantitative estimate of drug-likeness (QED) is 0.857. The molecule has 2 atom stereocenters. The fourth-order valence-corrected chi connectivity index (χ4v) is 4.03. The number of nitrogens with zero attached hydrogens (tertiary/aromatic N) is 3. The molecule has 0 bridgehead atoms. The number of rotatable bonds is 4. The standard InChI is InChI=1S/C20H27N5O2/c1-27-19-7-3-2-6-16(19)18-14-22-10-12-24(18)20(26)17-8-11-25(23-17)15-5-4-9-21-13-15/h2-3,6-8,11,15,18,21-22H,4-5,9-10,12-14H2,1H3. The molecule has 2 aromatic rings. The van der Waals surface area contributed by atoms with Crippen LogP contribution < -0.4 is 15.4 Å². The van der Waals surface area contributed by atoms with E-state index in [2.05, 4.69) is 15.7 Å². The molecule has 1 aromatic carbocycles. The molecule has 7 nitrogen and oxygen atoms in total. The highest BCUT2D eigenvalue weighted by Crippen LogP contribution is 2.31. The Morgan fingerprint density at radius 1 is 1.19 bits per heavy atom. The van der Waals surface area contributed by atoms with Crippen molar-refractivity contribution >= 4 is 5.91 Å². The Morgan fingerprint density at radius 2 is 2.04 bits per heavy atom. The number of amides is 1. The number of carbonyl (C=O) groups excluding carboxylic acids is 1. The van der Waals surface area contributed by atoms with Crippen LogP contribution in [0, 0.1) is 0 Å². The van der Waals surface area contributed by atoms with Gasteiger partial charge in [0, 0.05) is 37.9 Å². The number of benzene rings is 1. The molecule has 27 heavy (non-hydrogen) atoms. The summed E-state index contributed by atoms with van der Waals surface area (Å²) >= 11 is 0. The van der Waals surface area contributed by atoms with Crippen LogP contribution in [-0.2, 0) is 0 Å². The highest BCUT2D eigenvalue weighted by molar-refractivity contribution is 5.92. The average molecular weight is 369 g/mol. The largest absolute Gasteiger partial charge is 0.496 e. The molecular weight excluding hydrogens is 342 g/mol. The number of nitrogens with one attached hydrogen (secondary N) is 2. The van der Waals surface area contributed by atoms with Gasteiger partial charge in [-0.1, -0.05) is 18.2 Å². The highest BCUT2D eigenvalue weighted by atomic mass is 16.5. The number of ether oxygens (including phenoxy) is 1. The highest BCUT2D eigenvalue weighted by Gasteiger charge is 2.31. The van der Waals surface area contributed by atoms with Crippen LogP contribution in [0.4, 0.5) is 0 Å². The number of methoxy groups -OCH3 is 1. The number of piperidine rings is 1. The van der Waals surface area contributed by atoms with Crippen molar-refractivity contribution < 1.29 is 9.53 Å². The summed E-state index contributed by atoms with van der Waals surface area (Å²) in [5.74, 6) is 0.790. The molecule has 0 aliphatic carbocycles. The molecule has 0 saturated carbocycles. The minimum atomic E-state index is -0.0658. The van der Waals surface area contributed by atoms with Crippen LogP contribution >= 0.6 is 0 Å². The zero-order valence-corrected chi connectivity index (χ0v) is 15.7. The van der Waals surface area contributed by atoms with E-state index >= 15 is 0 Å². The van der Waals surface area contributed by atoms with Crippen LogP contribution in [0.2, 0.25) is 0 Å². The predicted octanol–water partition coefficient (Wildman–Crippen LogP) is 1.60. The van der Waals surface area contributed by atoms with E-state index in [-0.39, 0.29) is 11.9 Å². The molecule has 2 N–H and O–H groups in total. The Balaban J connectivity index is 1.57. The molecule has 2 fully saturated rings. The fraction of sp³-hybridized carbons (Fsp3) is 0.500. The summed E-state index contributed by atoms with van der Waals surface area (Å²) in [5.41, 5.74) is 1.54. The number of carbonyl (C=O) groups is 1. The lowest BCUT2D eigenvalue weighted by Gasteiger charge is -2.36. The van der Waals surface area contributed by atoms with Crippen LogP contribution in [-0.4, -0.2) is 60.4 Å². The molecule has 2 aliphatic rings. The van der Waals surface area contributed by atoms with Gasteiger partial charge in [0.15, 0.2) is 0 Å². The first-order chi connectivity index (χ1) is 13.3. The summed E-state index contributed by atoms with van der Waals surface area (Å²) < 4.78 is 7.47. The van der Waals surface area contributed by atoms with Gasteiger partial charge in [-0.2, -0.15) is 5.10 Å². The van der Waals surface area contributed by atoms with Gasteiger partial charge in [0.2, 0.25) is 0 Å². The zero-order chi connectivity index (χ0) is 18.6. The Bertz CT molecular complexity index is 784. The molecule has 144 valence electrons. The fourth-order valence-electron chi connectivity index (χ4n) is 4.03. The Labute approximate surface area is 159 Å². The molecule has 2 aliphatic heterocycles. The minimum absolute atomic E-state index is 0.0186. The first-order valence-electron chi connectivity index (χ1n) is 9.68. The maximum Gasteiger partial charge on any atom is 0.274 e. The van der Waals surface area contributed by atoms with Crippen LogP contribution in [0.15, 0.2) is 36.5 Å². The van der Waals surface area contributed by atoms with E-state index in [0.717, 1.165) is 43.8 Å². The van der Waals surface area contributed by atoms with Crippen LogP contribution in [0.25, 0.3) is 0 Å². The first kappa shape index (κ1) is 18.0. The van der Waals surface area contributed by atoms with Gasteiger partial charge in [-0.15, -0.1) is 0 Å². The molecule has 4 rings (SSSR count). The number of aromatic nitrogens is 2. The first-order valence-corrected chi connectivity index (χ1v) is 9.68. The lowest BCUT2D eigenvalue weighted by Crippen LogP contribution is -2.49. The van der Waals surface area contributed by atoms with Crippen molar-refractivity contribution in [2.45, 2.75) is 24.9 Å². The molecule has 0 radical (unpaired) electrons. The molecule has 0 spiro atoms. The van der Waals surface area contributed by atoms with Crippen molar-refractivity contribution in [3.63, 3.8) is 0 Å². The second-order valence-electron chi connectivity index (χ2n) is 7.14. The molecule has 2 unspecified atom stereocenters. The maximum absolute atomic E-state index is 13.2. The van der Waals surface area contributed by atoms with E-state index in [0.29, 0.717) is 24.8 Å². The van der Waals surface area contributed by atoms with Gasteiger partial charge in [-0.25, -0.2) is 0 Å². The Morgan fingerprint density at radius 3 is 2.85 bits per heavy atom. The number of piperazine rings is 1. The summed E-state index contributed by atoms with van der Waals surface area (Å²) in [4.78, 5) is 15.2. The van der Waals surface area contributed by atoms with Gasteiger partial charge in [-0.05, 0) is 31.5 Å². The van der Waals surface area contributed by atoms with E-state index in [9.17, 15) is 4.79 Å². The third kappa shape index (κ3) is 3.70. The number of para-hydroxylation sites is 1. The average Bonchev–Trinajstić information content (AvgIpc) is 3.24. The van der Waals surface area contributed by atoms with Crippen molar-refractivity contribution in [1.29, 1.82) is 0 Å². The van der Waals surface area contributed by atoms with E-state index < -0.39 is 0 Å². The Hall–Kier alpha value is -2.38. The smallest absolute Gasteiger partial charge is 0.274 e. The monoisotopic (exact) mass is 369 g/mol. The second-order valence-corrected chi connectivity index (χ2v) is 7.14. The van der Waals surface area contributed by atoms with Crippen molar-refractivity contribution in [3.05, 3.63) is 47.8 Å². The molecule has 3 heterocycles. The third-order valence-electron chi connectivity index (χ3n) is 5.47. The topological polar surface area (TPSA) is 71.4 Å². The molecule has 2 saturated heterocycles. The van der Waals surface area contributed by atoms with Gasteiger partial charge in [0.05, 0.1) is 19.2 Å². The predicted molar refractivity (Wildman–Crippen MR) is 103 cm³/mol. The normalized spacial score (nSPS) is 23.2. The van der Waals surface area contributed by atoms with Crippen LogP contribution in [0.3, 0.4) is 0 Å². The van der Waals surface area contributed by atoms with Crippen molar-refractivity contribution in [2.24, 2.45) is 0 Å². The Kier molecular flexibility index (Phi) is 5.40. The molecule has 1 aromatic heterocycles. The number of hydrogen-bond donors (Lipinski definition) is 2. The van der Waals surface area contributed by atoms with E-state index in [4.69, 9.17) is 4.74 Å². The summed E-state index contributed by atoms with van der Waals surface area (Å²) in [5, 5.41) is 11.4. The van der Waals surface area contributed by atoms with Crippen LogP contribution in [0.1, 0.15) is 41.0 Å². The third-order valence-corrected chi connectivity index (χ3v) is 5.47. The molecule has 7 heteroatoms. The van der Waals surface area contributed by atoms with Gasteiger partial charge < -0.3 is 20.3 Å². The van der Waals surface area contributed by atoms with Crippen molar-refractivity contribution in [2.75, 3.05) is 39.8 Å². The molecular formula is C20H27N5O2. The van der Waals surface area contributed by atoms with E-state index in [1.165, 1.54) is 0 Å².